The molecule has 2 aliphatic rings. The number of carbonyl (C=O) groups excluding carboxylic acids is 2. The predicted molar refractivity (Wildman–Crippen MR) is 326 cm³/mol. The molecule has 464 valence electrons. The molecule has 0 fully saturated rings. The number of sulfonamides is 1. The van der Waals surface area contributed by atoms with Crippen molar-refractivity contribution in [3.05, 3.63) is 150 Å². The minimum atomic E-state index is -5.29. The number of hydroxylamine groups is 1. The number of ether oxygens (including phenoxy) is 1. The van der Waals surface area contributed by atoms with Gasteiger partial charge in [0, 0.05) is 65.8 Å². The van der Waals surface area contributed by atoms with Crippen LogP contribution in [0.25, 0.3) is 32.7 Å². The molecule has 21 nitrogen and oxygen atoms in total. The van der Waals surface area contributed by atoms with Crippen LogP contribution in [-0.2, 0) is 70.5 Å². The Balaban J connectivity index is 0.00000491. The van der Waals surface area contributed by atoms with Crippen LogP contribution < -0.4 is 175 Å². The Hall–Kier alpha value is -2.26. The quantitative estimate of drug-likeness (QED) is 0.0198. The van der Waals surface area contributed by atoms with E-state index in [1.165, 1.54) is 30.3 Å². The van der Waals surface area contributed by atoms with Gasteiger partial charge in [-0.05, 0) is 166 Å². The molecule has 2 aliphatic heterocycles. The average Bonchev–Trinajstić information content (AvgIpc) is 1.53. The van der Waals surface area contributed by atoms with Crippen LogP contribution in [0.4, 0.5) is 11.4 Å². The minimum Gasteiger partial charge on any atom is -0.744 e. The molecule has 0 radical (unpaired) electrons. The Bertz CT molecular complexity index is 4310. The van der Waals surface area contributed by atoms with Gasteiger partial charge in [-0.15, -0.1) is 0 Å². The first kappa shape index (κ1) is 78.4. The molecule has 1 amide bonds. The molecule has 0 bridgehead atoms. The van der Waals surface area contributed by atoms with E-state index in [2.05, 4.69) is 15.1 Å². The van der Waals surface area contributed by atoms with E-state index in [0.717, 1.165) is 34.0 Å². The molecular formula is C62H69K3N5O16S4+. The Morgan fingerprint density at radius 3 is 1.86 bits per heavy atom. The van der Waals surface area contributed by atoms with Gasteiger partial charge in [-0.3, -0.25) is 9.63 Å². The second-order valence-electron chi connectivity index (χ2n) is 22.5. The van der Waals surface area contributed by atoms with Gasteiger partial charge in [0.2, 0.25) is 11.6 Å². The summed E-state index contributed by atoms with van der Waals surface area (Å²) < 4.78 is 148. The van der Waals surface area contributed by atoms with Gasteiger partial charge in [-0.1, -0.05) is 66.9 Å². The first-order chi connectivity index (χ1) is 40.8. The molecule has 8 rings (SSSR count). The smallest absolute Gasteiger partial charge is 0.744 e. The fraction of sp³-hybridized carbons (Fsp3) is 0.339. The van der Waals surface area contributed by atoms with Crippen LogP contribution in [0.15, 0.2) is 153 Å². The fourth-order valence-electron chi connectivity index (χ4n) is 11.7. The zero-order valence-corrected chi connectivity index (χ0v) is 65.2. The number of aryl methyl sites for hydroxylation is 1. The van der Waals surface area contributed by atoms with E-state index in [1.54, 1.807) is 64.3 Å². The van der Waals surface area contributed by atoms with E-state index in [1.807, 2.05) is 87.8 Å². The average molecular weight is 1390 g/mol. The maximum atomic E-state index is 14.1. The number of nitrogens with one attached hydrogen (secondary N) is 1. The molecule has 6 aromatic carbocycles. The van der Waals surface area contributed by atoms with Crippen LogP contribution in [0.3, 0.4) is 0 Å². The minimum absolute atomic E-state index is 0. The molecule has 1 atom stereocenters. The van der Waals surface area contributed by atoms with E-state index >= 15 is 0 Å². The molecular weight excluding hydrogens is 1320 g/mol. The van der Waals surface area contributed by atoms with Crippen LogP contribution >= 0.6 is 0 Å². The van der Waals surface area contributed by atoms with Crippen LogP contribution in [-0.4, -0.2) is 113 Å². The Labute approximate surface area is 654 Å². The maximum Gasteiger partial charge on any atom is 1.00 e. The summed E-state index contributed by atoms with van der Waals surface area (Å²) in [5.41, 5.74) is 4.85. The molecule has 0 saturated heterocycles. The summed E-state index contributed by atoms with van der Waals surface area (Å²) >= 11 is 0. The van der Waals surface area contributed by atoms with Crippen LogP contribution in [0.5, 0.6) is 5.75 Å². The number of allylic oxidation sites excluding steroid dienone is 6. The van der Waals surface area contributed by atoms with Crippen molar-refractivity contribution in [2.24, 2.45) is 5.90 Å². The van der Waals surface area contributed by atoms with Crippen LogP contribution in [0.1, 0.15) is 97.3 Å². The molecule has 28 heteroatoms. The van der Waals surface area contributed by atoms with Gasteiger partial charge in [0.15, 0.2) is 11.8 Å². The zero-order chi connectivity index (χ0) is 63.8. The van der Waals surface area contributed by atoms with Crippen LogP contribution in [0.2, 0.25) is 0 Å². The Morgan fingerprint density at radius 2 is 1.29 bits per heavy atom. The summed E-state index contributed by atoms with van der Waals surface area (Å²) in [7, 11) is -18.3. The number of unbranched alkanes of at least 4 members (excludes halogenated alkanes) is 2. The number of rotatable bonds is 24. The SMILES string of the molecule is CCN1C(=CC=CC=CC2=[N+](CCCCCC(=O)NCC[C@H](C(=O)ON)N(OC(C)C)S(=O)(=O)c3ccc(-c4ccc(OC)cc4)cc3)c3ccc4c(S(=O)(=O)[O-])cc(S(=O)(=O)[O-])cc4c3C2(C)C)C(C)(C)c2c1ccc1c(C)cc(S(=O)(=O)[O-])cc21.[K+].[K+].[K+]. The first-order valence-electron chi connectivity index (χ1n) is 27.9. The number of nitrogens with zero attached hydrogens (tertiary/aromatic N) is 3. The molecule has 0 unspecified atom stereocenters. The standard InChI is InChI=1S/C62H71N5O16S4.3K/c1-10-65-51-30-28-47-40(4)35-45(85(72,73)74)36-49(47)58(51)61(5,6)55(65)17-13-11-14-18-56-62(7,8)59-50-37-46(86(75,76)77)38-54(87(78,79)80)48(50)29-31-52(59)66(56)34-16-12-15-19-57(68)64-33-32-53(60(69)82-63)67(83-39(2)3)84(70,71)44-26-22-42(23-27-44)41-20-24-43(81-9)25-21-41;;;/h11,13-14,17-18,20-31,35-39,53H,10,12,15-16,19,32-34,63H2,1-9H3,(H3-,64,68,72,73,74,75,76,77,78,79,80);;;/q;3*+1/p-2/t53-;;;/m1.../s1. The molecule has 0 aromatic heterocycles. The van der Waals surface area contributed by atoms with Crippen molar-refractivity contribution in [2.75, 3.05) is 31.6 Å². The maximum absolute atomic E-state index is 14.1. The van der Waals surface area contributed by atoms with Gasteiger partial charge in [0.1, 0.15) is 42.6 Å². The van der Waals surface area contributed by atoms with Crippen molar-refractivity contribution in [2.45, 2.75) is 130 Å². The second-order valence-corrected chi connectivity index (χ2v) is 28.4. The number of fused-ring (bicyclic) bond motifs is 6. The molecule has 0 aliphatic carbocycles. The van der Waals surface area contributed by atoms with Crippen molar-refractivity contribution in [1.29, 1.82) is 0 Å². The van der Waals surface area contributed by atoms with Gasteiger partial charge in [-0.25, -0.2) is 38.5 Å². The summed E-state index contributed by atoms with van der Waals surface area (Å²) in [4.78, 5) is 36.7. The molecule has 3 N–H and O–H groups in total. The van der Waals surface area contributed by atoms with E-state index < -0.39 is 85.0 Å². The normalized spacial score (nSPS) is 15.5. The third kappa shape index (κ3) is 17.1. The zero-order valence-electron chi connectivity index (χ0n) is 52.5. The van der Waals surface area contributed by atoms with Gasteiger partial charge in [0.05, 0.1) is 38.2 Å². The topological polar surface area (TPSA) is 315 Å². The number of anilines is 1. The van der Waals surface area contributed by atoms with E-state index in [-0.39, 0.29) is 194 Å². The number of carbonyl (C=O) groups is 2. The number of methoxy groups -OCH3 is 1. The number of likely N-dealkylation sites (N-methyl/N-ethyl adjacent to an activating group) is 1. The summed E-state index contributed by atoms with van der Waals surface area (Å²) in [5, 5.41) is 4.24. The number of amides is 1. The van der Waals surface area contributed by atoms with E-state index in [4.69, 9.17) is 15.5 Å². The van der Waals surface area contributed by atoms with Crippen molar-refractivity contribution in [3.63, 3.8) is 0 Å². The largest absolute Gasteiger partial charge is 1.00 e. The summed E-state index contributed by atoms with van der Waals surface area (Å²) in [6, 6.07) is 23.0. The summed E-state index contributed by atoms with van der Waals surface area (Å²) in [5.74, 6) is 4.44. The third-order valence-electron chi connectivity index (χ3n) is 15.7. The molecule has 90 heavy (non-hydrogen) atoms. The Morgan fingerprint density at radius 1 is 0.700 bits per heavy atom. The molecule has 2 heterocycles. The molecule has 6 aromatic rings. The van der Waals surface area contributed by atoms with E-state index in [0.29, 0.717) is 82.1 Å². The van der Waals surface area contributed by atoms with Crippen molar-refractivity contribution < 1.29 is 230 Å². The number of hydrogen-bond donors (Lipinski definition) is 2. The monoisotopic (exact) mass is 1380 g/mol. The predicted octanol–water partition coefficient (Wildman–Crippen LogP) is -0.225. The molecule has 0 spiro atoms. The van der Waals surface area contributed by atoms with Crippen molar-refractivity contribution in [3.8, 4) is 16.9 Å². The van der Waals surface area contributed by atoms with Crippen LogP contribution in [0, 0.1) is 6.92 Å². The number of nitrogens with two attached hydrogens (primary N) is 1. The summed E-state index contributed by atoms with van der Waals surface area (Å²) in [6.45, 7) is 15.4. The second kappa shape index (κ2) is 31.7. The Kier molecular flexibility index (Phi) is 27.7. The van der Waals surface area contributed by atoms with Gasteiger partial charge < -0.3 is 33.4 Å². The first-order valence-corrected chi connectivity index (χ1v) is 33.6. The summed E-state index contributed by atoms with van der Waals surface area (Å²) in [6.07, 6.45) is 9.68. The molecule has 0 saturated carbocycles. The third-order valence-corrected chi connectivity index (χ3v) is 19.9. The van der Waals surface area contributed by atoms with Crippen molar-refractivity contribution >= 4 is 90.9 Å². The fourth-order valence-corrected chi connectivity index (χ4v) is 15.1. The number of hydrogen-bond acceptors (Lipinski definition) is 18. The number of benzene rings is 6. The van der Waals surface area contributed by atoms with Gasteiger partial charge in [-0.2, -0.15) is 10.5 Å². The van der Waals surface area contributed by atoms with Gasteiger partial charge >= 0.3 is 160 Å². The van der Waals surface area contributed by atoms with Crippen molar-refractivity contribution in [1.82, 2.24) is 9.79 Å². The van der Waals surface area contributed by atoms with E-state index in [9.17, 15) is 56.9 Å². The van der Waals surface area contributed by atoms with Gasteiger partial charge in [0.25, 0.3) is 10.0 Å².